The highest BCUT2D eigenvalue weighted by molar-refractivity contribution is 5.95. The summed E-state index contributed by atoms with van der Waals surface area (Å²) in [5.41, 5.74) is 2.61. The van der Waals surface area contributed by atoms with Gasteiger partial charge in [-0.05, 0) is 44.4 Å². The highest BCUT2D eigenvalue weighted by Crippen LogP contribution is 2.27. The predicted molar refractivity (Wildman–Crippen MR) is 97.9 cm³/mol. The molecule has 1 amide bonds. The minimum absolute atomic E-state index is 0.103. The van der Waals surface area contributed by atoms with Crippen molar-refractivity contribution < 1.29 is 9.53 Å². The average molecular weight is 342 g/mol. The summed E-state index contributed by atoms with van der Waals surface area (Å²) < 4.78 is 7.68. The number of nitrogens with one attached hydrogen (secondary N) is 1. The lowest BCUT2D eigenvalue weighted by atomic mass is 10.1. The molecular weight excluding hydrogens is 316 g/mol. The Hall–Kier alpha value is -2.50. The number of imidazole rings is 1. The van der Waals surface area contributed by atoms with Crippen LogP contribution in [0.5, 0.6) is 5.75 Å². The molecule has 134 valence electrons. The normalized spacial score (nSPS) is 14.4. The van der Waals surface area contributed by atoms with Crippen LogP contribution in [-0.4, -0.2) is 40.1 Å². The Balaban J connectivity index is 1.78. The fourth-order valence-electron chi connectivity index (χ4n) is 3.10. The number of likely N-dealkylation sites (tertiary alicyclic amines) is 1. The summed E-state index contributed by atoms with van der Waals surface area (Å²) in [7, 11) is 1.96. The van der Waals surface area contributed by atoms with Gasteiger partial charge in [0, 0.05) is 31.9 Å². The van der Waals surface area contributed by atoms with Crippen LogP contribution in [0.15, 0.2) is 30.7 Å². The first-order valence-corrected chi connectivity index (χ1v) is 8.94. The first-order chi connectivity index (χ1) is 12.2. The topological polar surface area (TPSA) is 59.4 Å². The lowest BCUT2D eigenvalue weighted by Crippen LogP contribution is -2.35. The maximum atomic E-state index is 12.8. The maximum absolute atomic E-state index is 12.8. The Morgan fingerprint density at radius 2 is 2.08 bits per heavy atom. The summed E-state index contributed by atoms with van der Waals surface area (Å²) in [4.78, 5) is 18.8. The van der Waals surface area contributed by atoms with E-state index in [1.807, 2.05) is 47.8 Å². The van der Waals surface area contributed by atoms with Gasteiger partial charge >= 0.3 is 0 Å². The van der Waals surface area contributed by atoms with Gasteiger partial charge in [-0.1, -0.05) is 0 Å². The minimum Gasteiger partial charge on any atom is -0.492 e. The van der Waals surface area contributed by atoms with Gasteiger partial charge < -0.3 is 19.5 Å². The van der Waals surface area contributed by atoms with Gasteiger partial charge in [0.25, 0.3) is 5.91 Å². The van der Waals surface area contributed by atoms with Crippen molar-refractivity contribution in [2.75, 3.05) is 25.0 Å². The largest absolute Gasteiger partial charge is 0.492 e. The molecule has 0 bridgehead atoms. The number of nitrogens with zero attached hydrogens (tertiary/aromatic N) is 3. The Morgan fingerprint density at radius 1 is 1.28 bits per heavy atom. The maximum Gasteiger partial charge on any atom is 0.253 e. The van der Waals surface area contributed by atoms with Crippen molar-refractivity contribution in [1.82, 2.24) is 14.5 Å². The highest BCUT2D eigenvalue weighted by atomic mass is 16.5. The Bertz CT molecular complexity index is 720. The van der Waals surface area contributed by atoms with E-state index >= 15 is 0 Å². The molecule has 0 unspecified atom stereocenters. The number of ether oxygens (including phenoxy) is 1. The van der Waals surface area contributed by atoms with Gasteiger partial charge in [0.15, 0.2) is 0 Å². The molecule has 0 aliphatic carbocycles. The van der Waals surface area contributed by atoms with Crippen LogP contribution in [-0.2, 0) is 13.6 Å². The number of hydrogen-bond donors (Lipinski definition) is 1. The van der Waals surface area contributed by atoms with E-state index in [0.29, 0.717) is 18.7 Å². The number of carbonyl (C=O) groups excluding carboxylic acids is 1. The average Bonchev–Trinajstić information content (AvgIpc) is 3.06. The molecule has 0 spiro atoms. The Kier molecular flexibility index (Phi) is 5.58. The second-order valence-corrected chi connectivity index (χ2v) is 6.35. The van der Waals surface area contributed by atoms with Crippen molar-refractivity contribution in [2.45, 2.75) is 32.7 Å². The molecule has 25 heavy (non-hydrogen) atoms. The fourth-order valence-corrected chi connectivity index (χ4v) is 3.10. The highest BCUT2D eigenvalue weighted by Gasteiger charge is 2.19. The van der Waals surface area contributed by atoms with Gasteiger partial charge in [-0.15, -0.1) is 0 Å². The van der Waals surface area contributed by atoms with Crippen molar-refractivity contribution in [3.8, 4) is 5.75 Å². The summed E-state index contributed by atoms with van der Waals surface area (Å²) in [5, 5.41) is 3.38. The molecule has 0 saturated carbocycles. The van der Waals surface area contributed by atoms with Gasteiger partial charge in [0.1, 0.15) is 5.75 Å². The predicted octanol–water partition coefficient (Wildman–Crippen LogP) is 3.06. The van der Waals surface area contributed by atoms with Crippen molar-refractivity contribution >= 4 is 11.6 Å². The third-order valence-electron chi connectivity index (χ3n) is 4.55. The molecular formula is C19H26N4O2. The van der Waals surface area contributed by atoms with Crippen molar-refractivity contribution in [2.24, 2.45) is 7.05 Å². The first kappa shape index (κ1) is 17.3. The molecule has 1 aliphatic heterocycles. The van der Waals surface area contributed by atoms with E-state index in [4.69, 9.17) is 4.74 Å². The number of carbonyl (C=O) groups is 1. The molecule has 2 aromatic rings. The summed E-state index contributed by atoms with van der Waals surface area (Å²) in [6.07, 6.45) is 7.00. The van der Waals surface area contributed by atoms with Gasteiger partial charge in [0.2, 0.25) is 0 Å². The SMILES string of the molecule is CCOc1ccc(C(=O)N2CCCCC2)cc1NCc1cncn1C. The third kappa shape index (κ3) is 4.13. The molecule has 1 aromatic heterocycles. The van der Waals surface area contributed by atoms with Crippen molar-refractivity contribution in [3.05, 3.63) is 42.0 Å². The van der Waals surface area contributed by atoms with Crippen LogP contribution in [0.1, 0.15) is 42.2 Å². The molecule has 1 aromatic carbocycles. The van der Waals surface area contributed by atoms with E-state index in [9.17, 15) is 4.79 Å². The van der Waals surface area contributed by atoms with Gasteiger partial charge in [0.05, 0.1) is 30.9 Å². The van der Waals surface area contributed by atoms with Crippen LogP contribution >= 0.6 is 0 Å². The fraction of sp³-hybridized carbons (Fsp3) is 0.474. The summed E-state index contributed by atoms with van der Waals surface area (Å²) in [6, 6.07) is 5.64. The number of benzene rings is 1. The molecule has 0 atom stereocenters. The molecule has 1 aliphatic rings. The molecule has 6 nitrogen and oxygen atoms in total. The van der Waals surface area contributed by atoms with Gasteiger partial charge in [-0.3, -0.25) is 4.79 Å². The summed E-state index contributed by atoms with van der Waals surface area (Å²) >= 11 is 0. The van der Waals surface area contributed by atoms with Crippen molar-refractivity contribution in [1.29, 1.82) is 0 Å². The Labute approximate surface area is 148 Å². The molecule has 2 heterocycles. The van der Waals surface area contributed by atoms with Gasteiger partial charge in [-0.25, -0.2) is 4.98 Å². The standard InChI is InChI=1S/C19H26N4O2/c1-3-25-18-8-7-15(19(24)23-9-5-4-6-10-23)11-17(18)21-13-16-12-20-14-22(16)2/h7-8,11-12,14,21H,3-6,9-10,13H2,1-2H3. The van der Waals surface area contributed by atoms with Crippen LogP contribution < -0.4 is 10.1 Å². The zero-order chi connectivity index (χ0) is 17.6. The second-order valence-electron chi connectivity index (χ2n) is 6.35. The molecule has 6 heteroatoms. The summed E-state index contributed by atoms with van der Waals surface area (Å²) in [6.45, 7) is 4.86. The van der Waals surface area contributed by atoms with E-state index < -0.39 is 0 Å². The van der Waals surface area contributed by atoms with E-state index in [-0.39, 0.29) is 5.91 Å². The molecule has 1 N–H and O–H groups in total. The number of piperidine rings is 1. The number of rotatable bonds is 6. The van der Waals surface area contributed by atoms with Crippen LogP contribution in [0.2, 0.25) is 0 Å². The smallest absolute Gasteiger partial charge is 0.253 e. The van der Waals surface area contributed by atoms with E-state index in [1.54, 1.807) is 6.33 Å². The third-order valence-corrected chi connectivity index (χ3v) is 4.55. The quantitative estimate of drug-likeness (QED) is 0.876. The monoisotopic (exact) mass is 342 g/mol. The van der Waals surface area contributed by atoms with E-state index in [1.165, 1.54) is 6.42 Å². The lowest BCUT2D eigenvalue weighted by molar-refractivity contribution is 0.0724. The lowest BCUT2D eigenvalue weighted by Gasteiger charge is -2.27. The van der Waals surface area contributed by atoms with Crippen LogP contribution in [0.25, 0.3) is 0 Å². The van der Waals surface area contributed by atoms with Crippen LogP contribution in [0.4, 0.5) is 5.69 Å². The zero-order valence-electron chi connectivity index (χ0n) is 15.0. The van der Waals surface area contributed by atoms with E-state index in [0.717, 1.165) is 43.1 Å². The number of aryl methyl sites for hydroxylation is 1. The number of amides is 1. The number of aromatic nitrogens is 2. The number of hydrogen-bond acceptors (Lipinski definition) is 4. The first-order valence-electron chi connectivity index (χ1n) is 8.94. The molecule has 1 saturated heterocycles. The van der Waals surface area contributed by atoms with Crippen LogP contribution in [0, 0.1) is 0 Å². The molecule has 3 rings (SSSR count). The summed E-state index contributed by atoms with van der Waals surface area (Å²) in [5.74, 6) is 0.867. The minimum atomic E-state index is 0.103. The van der Waals surface area contributed by atoms with Gasteiger partial charge in [-0.2, -0.15) is 0 Å². The van der Waals surface area contributed by atoms with Crippen LogP contribution in [0.3, 0.4) is 0 Å². The number of anilines is 1. The molecule has 1 fully saturated rings. The van der Waals surface area contributed by atoms with E-state index in [2.05, 4.69) is 10.3 Å². The molecule has 0 radical (unpaired) electrons. The Morgan fingerprint density at radius 3 is 2.76 bits per heavy atom. The zero-order valence-corrected chi connectivity index (χ0v) is 15.0. The van der Waals surface area contributed by atoms with Crippen molar-refractivity contribution in [3.63, 3.8) is 0 Å². The second kappa shape index (κ2) is 8.05.